The van der Waals surface area contributed by atoms with Crippen LogP contribution in [0.25, 0.3) is 0 Å². The van der Waals surface area contributed by atoms with Crippen LogP contribution >= 0.6 is 11.3 Å². The van der Waals surface area contributed by atoms with Crippen molar-refractivity contribution >= 4 is 22.4 Å². The van der Waals surface area contributed by atoms with E-state index in [1.54, 1.807) is 11.3 Å². The maximum Gasteiger partial charge on any atom is 0.490 e. The van der Waals surface area contributed by atoms with Crippen LogP contribution < -0.4 is 4.90 Å². The fraction of sp³-hybridized carbons (Fsp3) is 0.571. The standard InChI is InChI=1S/C19H25N3OS.C2HF3O2/c1-14-20-21-19(24-14)22-10-9-18(23-13-16-7-8-16)17(12-22)11-15-5-3-2-4-6-15;3-2(4,5)1(6)7/h2-6,16-18H,7-13H2,1H3;(H,6,7)/t17-,18-;/m0./s1. The van der Waals surface area contributed by atoms with Crippen LogP contribution in [0.15, 0.2) is 30.3 Å². The predicted octanol–water partition coefficient (Wildman–Crippen LogP) is 4.34. The smallest absolute Gasteiger partial charge is 0.475 e. The number of carbonyl (C=O) groups is 1. The van der Waals surface area contributed by atoms with E-state index in [0.717, 1.165) is 48.6 Å². The summed E-state index contributed by atoms with van der Waals surface area (Å²) in [6.07, 6.45) is 0.155. The van der Waals surface area contributed by atoms with Crippen LogP contribution in [0.1, 0.15) is 29.8 Å². The zero-order valence-corrected chi connectivity index (χ0v) is 18.0. The third-order valence-electron chi connectivity index (χ3n) is 5.28. The van der Waals surface area contributed by atoms with Gasteiger partial charge < -0.3 is 14.7 Å². The molecule has 10 heteroatoms. The summed E-state index contributed by atoms with van der Waals surface area (Å²) < 4.78 is 38.1. The van der Waals surface area contributed by atoms with Crippen molar-refractivity contribution in [1.82, 2.24) is 10.2 Å². The van der Waals surface area contributed by atoms with Crippen molar-refractivity contribution in [3.05, 3.63) is 40.9 Å². The van der Waals surface area contributed by atoms with E-state index in [4.69, 9.17) is 14.6 Å². The van der Waals surface area contributed by atoms with Crippen molar-refractivity contribution in [3.8, 4) is 0 Å². The third-order valence-corrected chi connectivity index (χ3v) is 6.18. The van der Waals surface area contributed by atoms with E-state index in [1.165, 1.54) is 18.4 Å². The minimum Gasteiger partial charge on any atom is -0.475 e. The highest BCUT2D eigenvalue weighted by Gasteiger charge is 2.38. The molecule has 1 saturated heterocycles. The molecule has 31 heavy (non-hydrogen) atoms. The van der Waals surface area contributed by atoms with Crippen LogP contribution in [0.2, 0.25) is 0 Å². The molecule has 170 valence electrons. The van der Waals surface area contributed by atoms with E-state index in [1.807, 2.05) is 6.92 Å². The molecule has 2 heterocycles. The maximum absolute atomic E-state index is 10.6. The van der Waals surface area contributed by atoms with E-state index in [9.17, 15) is 13.2 Å². The van der Waals surface area contributed by atoms with Gasteiger partial charge in [-0.2, -0.15) is 13.2 Å². The van der Waals surface area contributed by atoms with Crippen LogP contribution in [0.3, 0.4) is 0 Å². The van der Waals surface area contributed by atoms with Gasteiger partial charge in [-0.25, -0.2) is 4.79 Å². The number of aryl methyl sites for hydroxylation is 1. The lowest BCUT2D eigenvalue weighted by atomic mass is 9.88. The second kappa shape index (κ2) is 10.4. The number of ether oxygens (including phenoxy) is 1. The summed E-state index contributed by atoms with van der Waals surface area (Å²) in [6.45, 7) is 5.01. The van der Waals surface area contributed by atoms with Gasteiger partial charge >= 0.3 is 12.1 Å². The normalized spacial score (nSPS) is 21.4. The molecular formula is C21H26F3N3O3S. The van der Waals surface area contributed by atoms with E-state index < -0.39 is 12.1 Å². The molecule has 2 aromatic rings. The maximum atomic E-state index is 10.6. The zero-order valence-electron chi connectivity index (χ0n) is 17.2. The molecule has 1 aromatic carbocycles. The Balaban J connectivity index is 0.000000339. The first-order chi connectivity index (χ1) is 14.7. The molecule has 6 nitrogen and oxygen atoms in total. The fourth-order valence-electron chi connectivity index (χ4n) is 3.47. The number of hydrogen-bond acceptors (Lipinski definition) is 6. The summed E-state index contributed by atoms with van der Waals surface area (Å²) in [5.74, 6) is -1.41. The highest BCUT2D eigenvalue weighted by Crippen LogP contribution is 2.33. The van der Waals surface area contributed by atoms with Crippen LogP contribution in [-0.4, -0.2) is 53.2 Å². The Morgan fingerprint density at radius 3 is 2.45 bits per heavy atom. The molecule has 2 aliphatic rings. The highest BCUT2D eigenvalue weighted by atomic mass is 32.1. The van der Waals surface area contributed by atoms with Crippen LogP contribution in [0.4, 0.5) is 18.3 Å². The van der Waals surface area contributed by atoms with E-state index in [-0.39, 0.29) is 0 Å². The second-order valence-corrected chi connectivity index (χ2v) is 9.07. The summed E-state index contributed by atoms with van der Waals surface area (Å²) >= 11 is 1.69. The first-order valence-corrected chi connectivity index (χ1v) is 11.0. The molecule has 0 radical (unpaired) electrons. The molecule has 1 saturated carbocycles. The Labute approximate surface area is 183 Å². The van der Waals surface area contributed by atoms with Gasteiger partial charge in [0.2, 0.25) is 5.13 Å². The molecule has 2 fully saturated rings. The summed E-state index contributed by atoms with van der Waals surface area (Å²) in [6, 6.07) is 10.8. The molecule has 1 N–H and O–H groups in total. The number of rotatable bonds is 6. The quantitative estimate of drug-likeness (QED) is 0.695. The Morgan fingerprint density at radius 1 is 1.23 bits per heavy atom. The zero-order chi connectivity index (χ0) is 22.4. The number of carboxylic acid groups (broad SMARTS) is 1. The SMILES string of the molecule is Cc1nnc(N2CC[C@H](OCC3CC3)[C@@H](Cc3ccccc3)C2)s1.O=C(O)C(F)(F)F. The number of halogens is 3. The predicted molar refractivity (Wildman–Crippen MR) is 111 cm³/mol. The van der Waals surface area contributed by atoms with Crippen molar-refractivity contribution in [3.63, 3.8) is 0 Å². The lowest BCUT2D eigenvalue weighted by Crippen LogP contribution is -2.45. The van der Waals surface area contributed by atoms with Gasteiger partial charge in [0, 0.05) is 25.6 Å². The van der Waals surface area contributed by atoms with Gasteiger partial charge in [-0.3, -0.25) is 0 Å². The lowest BCUT2D eigenvalue weighted by Gasteiger charge is -2.38. The fourth-order valence-corrected chi connectivity index (χ4v) is 4.20. The largest absolute Gasteiger partial charge is 0.490 e. The summed E-state index contributed by atoms with van der Waals surface area (Å²) in [5, 5.41) is 17.8. The minimum atomic E-state index is -5.08. The number of benzene rings is 1. The van der Waals surface area contributed by atoms with Crippen molar-refractivity contribution < 1.29 is 27.8 Å². The van der Waals surface area contributed by atoms with Gasteiger partial charge in [0.25, 0.3) is 0 Å². The number of hydrogen-bond donors (Lipinski definition) is 1. The molecule has 2 atom stereocenters. The number of alkyl halides is 3. The molecule has 0 amide bonds. The Kier molecular flexibility index (Phi) is 7.88. The lowest BCUT2D eigenvalue weighted by molar-refractivity contribution is -0.192. The Hall–Kier alpha value is -2.20. The molecule has 1 aromatic heterocycles. The average Bonchev–Trinajstić information content (AvgIpc) is 3.46. The third kappa shape index (κ3) is 7.46. The van der Waals surface area contributed by atoms with Gasteiger partial charge in [0.1, 0.15) is 5.01 Å². The van der Waals surface area contributed by atoms with Crippen molar-refractivity contribution in [2.75, 3.05) is 24.6 Å². The first-order valence-electron chi connectivity index (χ1n) is 10.2. The van der Waals surface area contributed by atoms with Gasteiger partial charge in [-0.05, 0) is 44.1 Å². The van der Waals surface area contributed by atoms with Crippen LogP contribution in [0, 0.1) is 18.8 Å². The molecule has 0 unspecified atom stereocenters. The van der Waals surface area contributed by atoms with Crippen LogP contribution in [-0.2, 0) is 16.0 Å². The Bertz CT molecular complexity index is 843. The average molecular weight is 458 g/mol. The second-order valence-electron chi connectivity index (χ2n) is 7.91. The summed E-state index contributed by atoms with van der Waals surface area (Å²) in [7, 11) is 0. The van der Waals surface area contributed by atoms with Crippen molar-refractivity contribution in [1.29, 1.82) is 0 Å². The molecule has 4 rings (SSSR count). The van der Waals surface area contributed by atoms with Crippen molar-refractivity contribution in [2.24, 2.45) is 11.8 Å². The molecule has 1 aliphatic carbocycles. The molecular weight excluding hydrogens is 431 g/mol. The number of piperidine rings is 1. The monoisotopic (exact) mass is 457 g/mol. The van der Waals surface area contributed by atoms with Gasteiger partial charge in [-0.1, -0.05) is 41.7 Å². The summed E-state index contributed by atoms with van der Waals surface area (Å²) in [5.41, 5.74) is 1.40. The first kappa shape index (κ1) is 23.5. The number of aliphatic carboxylic acids is 1. The molecule has 0 bridgehead atoms. The number of carboxylic acids is 1. The number of aromatic nitrogens is 2. The number of nitrogens with zero attached hydrogens (tertiary/aromatic N) is 3. The minimum absolute atomic E-state index is 0.371. The molecule has 1 aliphatic heterocycles. The van der Waals surface area contributed by atoms with E-state index in [2.05, 4.69) is 45.4 Å². The summed E-state index contributed by atoms with van der Waals surface area (Å²) in [4.78, 5) is 11.3. The highest BCUT2D eigenvalue weighted by molar-refractivity contribution is 7.15. The van der Waals surface area contributed by atoms with E-state index >= 15 is 0 Å². The molecule has 0 spiro atoms. The Morgan fingerprint density at radius 2 is 1.90 bits per heavy atom. The topological polar surface area (TPSA) is 75.5 Å². The number of anilines is 1. The van der Waals surface area contributed by atoms with Gasteiger partial charge in [-0.15, -0.1) is 10.2 Å². The van der Waals surface area contributed by atoms with E-state index in [0.29, 0.717) is 12.0 Å². The van der Waals surface area contributed by atoms with Crippen molar-refractivity contribution in [2.45, 2.75) is 44.9 Å². The van der Waals surface area contributed by atoms with Gasteiger partial charge in [0.05, 0.1) is 6.10 Å². The van der Waals surface area contributed by atoms with Crippen LogP contribution in [0.5, 0.6) is 0 Å². The van der Waals surface area contributed by atoms with Gasteiger partial charge in [0.15, 0.2) is 0 Å².